The zero-order valence-corrected chi connectivity index (χ0v) is 10.9. The van der Waals surface area contributed by atoms with Gasteiger partial charge in [0.1, 0.15) is 12.4 Å². The number of benzene rings is 1. The van der Waals surface area contributed by atoms with Crippen LogP contribution in [0.4, 0.5) is 11.4 Å². The zero-order valence-electron chi connectivity index (χ0n) is 10.9. The van der Waals surface area contributed by atoms with E-state index in [1.165, 1.54) is 13.2 Å². The minimum absolute atomic E-state index is 0.000362. The lowest BCUT2D eigenvalue weighted by molar-refractivity contribution is -0.384. The fourth-order valence-electron chi connectivity index (χ4n) is 1.90. The number of hydrogen-bond acceptors (Lipinski definition) is 6. The highest BCUT2D eigenvalue weighted by molar-refractivity contribution is 5.77. The number of nitro benzene ring substituents is 1. The fraction of sp³-hybridized carbons (Fsp3) is 0.417. The van der Waals surface area contributed by atoms with Gasteiger partial charge in [0, 0.05) is 19.2 Å². The molecule has 1 aliphatic heterocycles. The number of morpholine rings is 1. The van der Waals surface area contributed by atoms with Crippen LogP contribution in [0.25, 0.3) is 0 Å². The first-order valence-corrected chi connectivity index (χ1v) is 6.05. The summed E-state index contributed by atoms with van der Waals surface area (Å²) in [4.78, 5) is 21.5. The van der Waals surface area contributed by atoms with Crippen LogP contribution in [-0.4, -0.2) is 43.7 Å². The number of ether oxygens (including phenoxy) is 2. The van der Waals surface area contributed by atoms with Crippen molar-refractivity contribution in [2.75, 3.05) is 32.1 Å². The molecule has 0 aliphatic carbocycles. The van der Waals surface area contributed by atoms with E-state index in [4.69, 9.17) is 9.47 Å². The molecule has 2 N–H and O–H groups in total. The maximum absolute atomic E-state index is 11.0. The zero-order chi connectivity index (χ0) is 14.5. The minimum atomic E-state index is -0.478. The molecule has 1 saturated heterocycles. The van der Waals surface area contributed by atoms with E-state index in [1.54, 1.807) is 12.1 Å². The Morgan fingerprint density at radius 1 is 1.60 bits per heavy atom. The lowest BCUT2D eigenvalue weighted by atomic mass is 10.2. The number of rotatable bonds is 5. The Morgan fingerprint density at radius 3 is 3.00 bits per heavy atom. The lowest BCUT2D eigenvalue weighted by Crippen LogP contribution is -2.45. The van der Waals surface area contributed by atoms with Gasteiger partial charge in [-0.3, -0.25) is 14.9 Å². The highest BCUT2D eigenvalue weighted by atomic mass is 16.6. The van der Waals surface area contributed by atoms with Crippen LogP contribution in [0, 0.1) is 10.1 Å². The van der Waals surface area contributed by atoms with E-state index in [0.717, 1.165) is 0 Å². The number of hydrogen-bond donors (Lipinski definition) is 2. The Labute approximate surface area is 115 Å². The predicted octanol–water partition coefficient (Wildman–Crippen LogP) is 0.530. The number of para-hydroxylation sites is 1. The van der Waals surface area contributed by atoms with Gasteiger partial charge in [-0.2, -0.15) is 0 Å². The quantitative estimate of drug-likeness (QED) is 0.603. The van der Waals surface area contributed by atoms with Crippen molar-refractivity contribution >= 4 is 17.3 Å². The first kappa shape index (κ1) is 14.1. The molecule has 8 heteroatoms. The molecule has 0 spiro atoms. The second kappa shape index (κ2) is 6.20. The third-order valence-electron chi connectivity index (χ3n) is 2.90. The summed E-state index contributed by atoms with van der Waals surface area (Å²) in [5.74, 6) is 0.226. The number of nitrogens with one attached hydrogen (secondary N) is 2. The average Bonchev–Trinajstić information content (AvgIpc) is 2.46. The molecule has 1 aliphatic rings. The van der Waals surface area contributed by atoms with E-state index in [0.29, 0.717) is 24.5 Å². The summed E-state index contributed by atoms with van der Waals surface area (Å²) in [6.07, 6.45) is -0.239. The van der Waals surface area contributed by atoms with Gasteiger partial charge >= 0.3 is 0 Å². The van der Waals surface area contributed by atoms with Gasteiger partial charge in [-0.15, -0.1) is 0 Å². The molecule has 0 radical (unpaired) electrons. The smallest absolute Gasteiger partial charge is 0.296 e. The van der Waals surface area contributed by atoms with Crippen molar-refractivity contribution in [3.8, 4) is 5.75 Å². The maximum atomic E-state index is 11.0. The molecule has 108 valence electrons. The molecule has 1 atom stereocenters. The van der Waals surface area contributed by atoms with Crippen molar-refractivity contribution in [2.24, 2.45) is 0 Å². The van der Waals surface area contributed by atoms with Crippen molar-refractivity contribution in [3.63, 3.8) is 0 Å². The van der Waals surface area contributed by atoms with Crippen molar-refractivity contribution in [1.82, 2.24) is 5.32 Å². The van der Waals surface area contributed by atoms with E-state index in [9.17, 15) is 14.9 Å². The van der Waals surface area contributed by atoms with Crippen LogP contribution in [-0.2, 0) is 9.53 Å². The second-order valence-corrected chi connectivity index (χ2v) is 4.23. The normalized spacial score (nSPS) is 18.2. The molecule has 1 heterocycles. The van der Waals surface area contributed by atoms with Crippen LogP contribution < -0.4 is 15.4 Å². The summed E-state index contributed by atoms with van der Waals surface area (Å²) >= 11 is 0. The van der Waals surface area contributed by atoms with Gasteiger partial charge in [0.15, 0.2) is 5.69 Å². The molecule has 1 amide bonds. The molecule has 8 nitrogen and oxygen atoms in total. The highest BCUT2D eigenvalue weighted by Gasteiger charge is 2.22. The van der Waals surface area contributed by atoms with Gasteiger partial charge in [0.05, 0.1) is 18.1 Å². The van der Waals surface area contributed by atoms with Crippen molar-refractivity contribution < 1.29 is 19.2 Å². The molecular formula is C12H15N3O5. The monoisotopic (exact) mass is 281 g/mol. The Hall–Kier alpha value is -2.35. The highest BCUT2D eigenvalue weighted by Crippen LogP contribution is 2.33. The van der Waals surface area contributed by atoms with Gasteiger partial charge < -0.3 is 20.1 Å². The van der Waals surface area contributed by atoms with Crippen LogP contribution in [0.15, 0.2) is 18.2 Å². The van der Waals surface area contributed by atoms with E-state index < -0.39 is 4.92 Å². The lowest BCUT2D eigenvalue weighted by Gasteiger charge is -2.24. The summed E-state index contributed by atoms with van der Waals surface area (Å²) in [5.41, 5.74) is 0.240. The minimum Gasteiger partial charge on any atom is -0.494 e. The van der Waals surface area contributed by atoms with Crippen LogP contribution in [0.1, 0.15) is 0 Å². The first-order valence-electron chi connectivity index (χ1n) is 6.05. The van der Waals surface area contributed by atoms with E-state index in [2.05, 4.69) is 10.6 Å². The Bertz CT molecular complexity index is 510. The Kier molecular flexibility index (Phi) is 4.36. The Balaban J connectivity index is 2.08. The number of nitrogens with zero attached hydrogens (tertiary/aromatic N) is 1. The number of carbonyl (C=O) groups excluding carboxylic acids is 1. The standard InChI is InChI=1S/C12H15N3O5/c1-19-10-4-2-3-9(15(17)18)12(10)14-6-8-5-13-11(16)7-20-8/h2-4,8,14H,5-7H2,1H3,(H,13,16)/t8-/m0/s1. The summed E-state index contributed by atoms with van der Waals surface area (Å²) in [7, 11) is 1.45. The topological polar surface area (TPSA) is 103 Å². The number of carbonyl (C=O) groups is 1. The third kappa shape index (κ3) is 3.15. The maximum Gasteiger partial charge on any atom is 0.296 e. The SMILES string of the molecule is COc1cccc([N+](=O)[O-])c1NC[C@@H]1CNC(=O)CO1. The van der Waals surface area contributed by atoms with E-state index in [1.807, 2.05) is 0 Å². The van der Waals surface area contributed by atoms with Gasteiger partial charge in [-0.05, 0) is 6.07 Å². The van der Waals surface area contributed by atoms with Crippen LogP contribution in [0.5, 0.6) is 5.75 Å². The van der Waals surface area contributed by atoms with Gasteiger partial charge in [0.2, 0.25) is 5.91 Å². The number of amides is 1. The number of nitro groups is 1. The van der Waals surface area contributed by atoms with Gasteiger partial charge in [-0.25, -0.2) is 0 Å². The number of anilines is 1. The second-order valence-electron chi connectivity index (χ2n) is 4.23. The third-order valence-corrected chi connectivity index (χ3v) is 2.90. The largest absolute Gasteiger partial charge is 0.494 e. The van der Waals surface area contributed by atoms with Gasteiger partial charge in [0.25, 0.3) is 5.69 Å². The summed E-state index contributed by atoms with van der Waals surface area (Å²) < 4.78 is 10.4. The first-order chi connectivity index (χ1) is 9.61. The molecule has 2 rings (SSSR count). The van der Waals surface area contributed by atoms with Gasteiger partial charge in [-0.1, -0.05) is 6.07 Å². The van der Waals surface area contributed by atoms with Crippen molar-refractivity contribution in [3.05, 3.63) is 28.3 Å². The average molecular weight is 281 g/mol. The van der Waals surface area contributed by atoms with E-state index in [-0.39, 0.29) is 24.3 Å². The van der Waals surface area contributed by atoms with Crippen LogP contribution in [0.3, 0.4) is 0 Å². The molecule has 0 saturated carbocycles. The molecule has 1 fully saturated rings. The molecular weight excluding hydrogens is 266 g/mol. The number of methoxy groups -OCH3 is 1. The molecule has 0 aromatic heterocycles. The van der Waals surface area contributed by atoms with Crippen LogP contribution in [0.2, 0.25) is 0 Å². The van der Waals surface area contributed by atoms with Crippen LogP contribution >= 0.6 is 0 Å². The van der Waals surface area contributed by atoms with Crippen molar-refractivity contribution in [1.29, 1.82) is 0 Å². The summed E-state index contributed by atoms with van der Waals surface area (Å²) in [6, 6.07) is 4.59. The molecule has 0 bridgehead atoms. The predicted molar refractivity (Wildman–Crippen MR) is 70.9 cm³/mol. The summed E-state index contributed by atoms with van der Waals surface area (Å²) in [6.45, 7) is 0.705. The van der Waals surface area contributed by atoms with Crippen molar-refractivity contribution in [2.45, 2.75) is 6.10 Å². The molecule has 1 aromatic carbocycles. The summed E-state index contributed by atoms with van der Waals surface area (Å²) in [5, 5.41) is 16.6. The Morgan fingerprint density at radius 2 is 2.40 bits per heavy atom. The molecule has 20 heavy (non-hydrogen) atoms. The fourth-order valence-corrected chi connectivity index (χ4v) is 1.90. The molecule has 0 unspecified atom stereocenters. The van der Waals surface area contributed by atoms with E-state index >= 15 is 0 Å². The molecule has 1 aromatic rings.